The normalized spacial score (nSPS) is 14.4. The molecule has 0 aliphatic carbocycles. The van der Waals surface area contributed by atoms with Crippen molar-refractivity contribution in [3.8, 4) is 0 Å². The summed E-state index contributed by atoms with van der Waals surface area (Å²) >= 11 is 0. The SMILES string of the molecule is CCCCC(CC)COOC(CCCC)C(=O)O. The van der Waals surface area contributed by atoms with Crippen molar-refractivity contribution >= 4 is 5.97 Å². The van der Waals surface area contributed by atoms with Gasteiger partial charge in [-0.1, -0.05) is 52.9 Å². The number of rotatable bonds is 12. The summed E-state index contributed by atoms with van der Waals surface area (Å²) in [7, 11) is 0. The van der Waals surface area contributed by atoms with Crippen LogP contribution in [0.1, 0.15) is 65.7 Å². The zero-order valence-corrected chi connectivity index (χ0v) is 12.0. The van der Waals surface area contributed by atoms with Crippen molar-refractivity contribution in [3.63, 3.8) is 0 Å². The summed E-state index contributed by atoms with van der Waals surface area (Å²) < 4.78 is 0. The Hall–Kier alpha value is -0.610. The first-order chi connectivity index (χ1) is 8.65. The van der Waals surface area contributed by atoms with E-state index in [0.717, 1.165) is 25.7 Å². The lowest BCUT2D eigenvalue weighted by Crippen LogP contribution is -2.25. The highest BCUT2D eigenvalue weighted by Gasteiger charge is 2.19. The number of aliphatic carboxylic acids is 1. The van der Waals surface area contributed by atoms with E-state index in [1.165, 1.54) is 12.8 Å². The second kappa shape index (κ2) is 11.5. The molecule has 0 aliphatic rings. The minimum absolute atomic E-state index is 0.463. The maximum Gasteiger partial charge on any atom is 0.336 e. The van der Waals surface area contributed by atoms with Gasteiger partial charge in [0.25, 0.3) is 0 Å². The fourth-order valence-corrected chi connectivity index (χ4v) is 1.72. The van der Waals surface area contributed by atoms with E-state index in [9.17, 15) is 4.79 Å². The van der Waals surface area contributed by atoms with Gasteiger partial charge in [0.1, 0.15) is 0 Å². The molecule has 0 spiro atoms. The summed E-state index contributed by atoms with van der Waals surface area (Å²) in [4.78, 5) is 21.1. The molecule has 18 heavy (non-hydrogen) atoms. The third kappa shape index (κ3) is 8.48. The molecule has 0 rings (SSSR count). The Labute approximate surface area is 111 Å². The molecule has 2 atom stereocenters. The van der Waals surface area contributed by atoms with E-state index in [4.69, 9.17) is 14.9 Å². The van der Waals surface area contributed by atoms with E-state index in [0.29, 0.717) is 18.9 Å². The van der Waals surface area contributed by atoms with Gasteiger partial charge in [0.2, 0.25) is 0 Å². The lowest BCUT2D eigenvalue weighted by atomic mass is 10.0. The molecule has 1 N–H and O–H groups in total. The van der Waals surface area contributed by atoms with Gasteiger partial charge < -0.3 is 5.11 Å². The van der Waals surface area contributed by atoms with E-state index in [1.807, 2.05) is 6.92 Å². The van der Waals surface area contributed by atoms with E-state index >= 15 is 0 Å². The molecule has 0 amide bonds. The molecule has 0 saturated heterocycles. The number of carbonyl (C=O) groups is 1. The lowest BCUT2D eigenvalue weighted by Gasteiger charge is -2.16. The van der Waals surface area contributed by atoms with Crippen LogP contribution in [0.25, 0.3) is 0 Å². The summed E-state index contributed by atoms with van der Waals surface area (Å²) in [6.45, 7) is 6.80. The maximum atomic E-state index is 10.9. The van der Waals surface area contributed by atoms with Crippen molar-refractivity contribution in [1.29, 1.82) is 0 Å². The van der Waals surface area contributed by atoms with Gasteiger partial charge in [0.15, 0.2) is 6.10 Å². The molecule has 0 aromatic heterocycles. The number of unbranched alkanes of at least 4 members (excludes halogenated alkanes) is 2. The number of hydrogen-bond donors (Lipinski definition) is 1. The van der Waals surface area contributed by atoms with Crippen LogP contribution < -0.4 is 0 Å². The topological polar surface area (TPSA) is 55.8 Å². The largest absolute Gasteiger partial charge is 0.479 e. The zero-order chi connectivity index (χ0) is 13.8. The van der Waals surface area contributed by atoms with Crippen LogP contribution in [-0.4, -0.2) is 23.8 Å². The maximum absolute atomic E-state index is 10.9. The van der Waals surface area contributed by atoms with E-state index in [1.54, 1.807) is 0 Å². The average Bonchev–Trinajstić information content (AvgIpc) is 2.36. The van der Waals surface area contributed by atoms with Gasteiger partial charge in [-0.3, -0.25) is 0 Å². The second-order valence-electron chi connectivity index (χ2n) is 4.77. The number of hydrogen-bond acceptors (Lipinski definition) is 3. The fourth-order valence-electron chi connectivity index (χ4n) is 1.72. The highest BCUT2D eigenvalue weighted by molar-refractivity contribution is 5.72. The Bertz CT molecular complexity index is 206. The molecule has 0 fully saturated rings. The van der Waals surface area contributed by atoms with Crippen LogP contribution in [0.5, 0.6) is 0 Å². The molecule has 0 radical (unpaired) electrons. The van der Waals surface area contributed by atoms with Crippen molar-refractivity contribution in [2.24, 2.45) is 5.92 Å². The van der Waals surface area contributed by atoms with Gasteiger partial charge in [0.05, 0.1) is 6.61 Å². The standard InChI is InChI=1S/C14H28O4/c1-4-7-9-12(6-3)11-17-18-13(14(15)16)10-8-5-2/h12-13H,4-11H2,1-3H3,(H,15,16). The Morgan fingerprint density at radius 1 is 1.11 bits per heavy atom. The van der Waals surface area contributed by atoms with Crippen LogP contribution in [0.4, 0.5) is 0 Å². The molecule has 4 heteroatoms. The predicted octanol–water partition coefficient (Wildman–Crippen LogP) is 3.79. The van der Waals surface area contributed by atoms with Crippen molar-refractivity contribution in [1.82, 2.24) is 0 Å². The molecule has 0 aromatic carbocycles. The van der Waals surface area contributed by atoms with Crippen molar-refractivity contribution < 1.29 is 19.7 Å². The van der Waals surface area contributed by atoms with Crippen molar-refractivity contribution in [3.05, 3.63) is 0 Å². The van der Waals surface area contributed by atoms with Crippen molar-refractivity contribution in [2.45, 2.75) is 71.8 Å². The molecule has 108 valence electrons. The van der Waals surface area contributed by atoms with E-state index in [2.05, 4.69) is 13.8 Å². The predicted molar refractivity (Wildman–Crippen MR) is 71.3 cm³/mol. The first-order valence-corrected chi connectivity index (χ1v) is 7.16. The number of carboxylic acids is 1. The summed E-state index contributed by atoms with van der Waals surface area (Å²) in [5, 5.41) is 8.96. The summed E-state index contributed by atoms with van der Waals surface area (Å²) in [5.41, 5.74) is 0. The number of carboxylic acid groups (broad SMARTS) is 1. The van der Waals surface area contributed by atoms with Gasteiger partial charge in [-0.25, -0.2) is 14.6 Å². The van der Waals surface area contributed by atoms with Gasteiger partial charge in [-0.05, 0) is 18.8 Å². The summed E-state index contributed by atoms with van der Waals surface area (Å²) in [6.07, 6.45) is 5.99. The Morgan fingerprint density at radius 3 is 2.22 bits per heavy atom. The van der Waals surface area contributed by atoms with Crippen LogP contribution in [0.15, 0.2) is 0 Å². The molecule has 0 saturated carbocycles. The highest BCUT2D eigenvalue weighted by Crippen LogP contribution is 2.14. The summed E-state index contributed by atoms with van der Waals surface area (Å²) in [5.74, 6) is -0.476. The van der Waals surface area contributed by atoms with Crippen LogP contribution in [0.2, 0.25) is 0 Å². The van der Waals surface area contributed by atoms with Gasteiger partial charge in [-0.15, -0.1) is 0 Å². The van der Waals surface area contributed by atoms with Crippen LogP contribution >= 0.6 is 0 Å². The smallest absolute Gasteiger partial charge is 0.336 e. The monoisotopic (exact) mass is 260 g/mol. The average molecular weight is 260 g/mol. The molecule has 0 heterocycles. The van der Waals surface area contributed by atoms with Crippen molar-refractivity contribution in [2.75, 3.05) is 6.61 Å². The van der Waals surface area contributed by atoms with Crippen LogP contribution in [-0.2, 0) is 14.6 Å². The third-order valence-corrected chi connectivity index (χ3v) is 3.13. The third-order valence-electron chi connectivity index (χ3n) is 3.13. The van der Waals surface area contributed by atoms with Gasteiger partial charge >= 0.3 is 5.97 Å². The molecule has 0 bridgehead atoms. The Balaban J connectivity index is 3.84. The van der Waals surface area contributed by atoms with E-state index in [-0.39, 0.29) is 0 Å². The molecular formula is C14H28O4. The highest BCUT2D eigenvalue weighted by atomic mass is 17.2. The quantitative estimate of drug-likeness (QED) is 0.428. The van der Waals surface area contributed by atoms with Gasteiger partial charge in [-0.2, -0.15) is 0 Å². The Kier molecular flexibility index (Phi) is 11.1. The minimum Gasteiger partial charge on any atom is -0.479 e. The molecule has 2 unspecified atom stereocenters. The Morgan fingerprint density at radius 2 is 1.72 bits per heavy atom. The second-order valence-corrected chi connectivity index (χ2v) is 4.77. The van der Waals surface area contributed by atoms with Crippen LogP contribution in [0.3, 0.4) is 0 Å². The summed E-state index contributed by atoms with van der Waals surface area (Å²) in [6, 6.07) is 0. The zero-order valence-electron chi connectivity index (χ0n) is 12.0. The molecular weight excluding hydrogens is 232 g/mol. The first kappa shape index (κ1) is 17.4. The van der Waals surface area contributed by atoms with Gasteiger partial charge in [0, 0.05) is 0 Å². The lowest BCUT2D eigenvalue weighted by molar-refractivity contribution is -0.326. The molecule has 4 nitrogen and oxygen atoms in total. The molecule has 0 aromatic rings. The fraction of sp³-hybridized carbons (Fsp3) is 0.929. The first-order valence-electron chi connectivity index (χ1n) is 7.16. The molecule has 0 aliphatic heterocycles. The minimum atomic E-state index is -0.940. The van der Waals surface area contributed by atoms with E-state index < -0.39 is 12.1 Å². The van der Waals surface area contributed by atoms with Crippen LogP contribution in [0, 0.1) is 5.92 Å².